The molecule has 4 bridgehead atoms. The number of benzene rings is 7. The van der Waals surface area contributed by atoms with E-state index in [9.17, 15) is 0 Å². The Balaban J connectivity index is 1.05. The number of furan rings is 1. The zero-order valence-electron chi connectivity index (χ0n) is 32.6. The third-order valence-corrected chi connectivity index (χ3v) is 15.4. The lowest BCUT2D eigenvalue weighted by Crippen LogP contribution is -2.55. The largest absolute Gasteiger partial charge is 0.455 e. The summed E-state index contributed by atoms with van der Waals surface area (Å²) in [4.78, 5) is 2.59. The molecule has 2 nitrogen and oxygen atoms in total. The van der Waals surface area contributed by atoms with Gasteiger partial charge in [0.1, 0.15) is 11.2 Å². The van der Waals surface area contributed by atoms with Crippen LogP contribution >= 0.6 is 0 Å². The summed E-state index contributed by atoms with van der Waals surface area (Å²) in [5.74, 6) is 3.25. The van der Waals surface area contributed by atoms with Crippen LogP contribution in [0, 0.1) is 23.7 Å². The number of para-hydroxylation sites is 2. The highest BCUT2D eigenvalue weighted by Gasteiger charge is 2.62. The lowest BCUT2D eigenvalue weighted by molar-refractivity contribution is -0.0399. The highest BCUT2D eigenvalue weighted by molar-refractivity contribution is 6.09. The molecule has 0 aliphatic heterocycles. The van der Waals surface area contributed by atoms with Crippen molar-refractivity contribution in [1.29, 1.82) is 0 Å². The molecular weight excluding hydrogens is 691 g/mol. The lowest BCUT2D eigenvalue weighted by Gasteiger charge is -2.61. The predicted molar refractivity (Wildman–Crippen MR) is 235 cm³/mol. The minimum absolute atomic E-state index is 0.0986. The van der Waals surface area contributed by atoms with E-state index in [1.165, 1.54) is 76.9 Å². The zero-order valence-corrected chi connectivity index (χ0v) is 32.6. The summed E-state index contributed by atoms with van der Waals surface area (Å²) in [6, 6.07) is 57.3. The summed E-state index contributed by atoms with van der Waals surface area (Å²) >= 11 is 0. The van der Waals surface area contributed by atoms with Gasteiger partial charge in [-0.15, -0.1) is 0 Å². The molecule has 8 aromatic rings. The fourth-order valence-corrected chi connectivity index (χ4v) is 13.4. The molecule has 0 saturated heterocycles. The molecule has 0 atom stereocenters. The molecular formula is C55H45NO. The summed E-state index contributed by atoms with van der Waals surface area (Å²) in [7, 11) is 0. The van der Waals surface area contributed by atoms with Crippen LogP contribution < -0.4 is 4.90 Å². The van der Waals surface area contributed by atoms with E-state index in [1.54, 1.807) is 11.1 Å². The highest BCUT2D eigenvalue weighted by atomic mass is 16.3. The van der Waals surface area contributed by atoms with Crippen LogP contribution in [-0.4, -0.2) is 0 Å². The summed E-state index contributed by atoms with van der Waals surface area (Å²) in [5, 5.41) is 2.32. The monoisotopic (exact) mass is 735 g/mol. The van der Waals surface area contributed by atoms with Crippen LogP contribution in [0.5, 0.6) is 0 Å². The van der Waals surface area contributed by atoms with Gasteiger partial charge in [0.25, 0.3) is 0 Å². The van der Waals surface area contributed by atoms with Crippen LogP contribution in [0.3, 0.4) is 0 Å². The molecule has 1 aromatic heterocycles. The van der Waals surface area contributed by atoms with E-state index in [2.05, 4.69) is 170 Å². The highest BCUT2D eigenvalue weighted by Crippen LogP contribution is 2.70. The normalized spacial score (nSPS) is 24.2. The Kier molecular flexibility index (Phi) is 6.44. The Morgan fingerprint density at radius 3 is 1.96 bits per heavy atom. The average molecular weight is 736 g/mol. The van der Waals surface area contributed by atoms with E-state index in [4.69, 9.17) is 4.42 Å². The van der Waals surface area contributed by atoms with Crippen molar-refractivity contribution >= 4 is 39.0 Å². The molecule has 1 spiro atoms. The molecule has 0 amide bonds. The van der Waals surface area contributed by atoms with E-state index in [-0.39, 0.29) is 10.8 Å². The number of rotatable bonds is 4. The lowest BCUT2D eigenvalue weighted by atomic mass is 9.43. The van der Waals surface area contributed by atoms with E-state index >= 15 is 0 Å². The Labute approximate surface area is 334 Å². The van der Waals surface area contributed by atoms with Crippen molar-refractivity contribution in [3.05, 3.63) is 174 Å². The first-order valence-corrected chi connectivity index (χ1v) is 21.3. The minimum Gasteiger partial charge on any atom is -0.455 e. The van der Waals surface area contributed by atoms with Gasteiger partial charge in [-0.2, -0.15) is 0 Å². The van der Waals surface area contributed by atoms with E-state index in [0.717, 1.165) is 50.6 Å². The van der Waals surface area contributed by atoms with Gasteiger partial charge in [-0.05, 0) is 137 Å². The van der Waals surface area contributed by atoms with E-state index < -0.39 is 0 Å². The van der Waals surface area contributed by atoms with Crippen molar-refractivity contribution in [3.63, 3.8) is 0 Å². The van der Waals surface area contributed by atoms with Crippen molar-refractivity contribution in [2.24, 2.45) is 23.7 Å². The van der Waals surface area contributed by atoms with Crippen LogP contribution in [0.25, 0.3) is 55.3 Å². The smallest absolute Gasteiger partial charge is 0.143 e. The van der Waals surface area contributed by atoms with Crippen molar-refractivity contribution in [2.75, 3.05) is 4.90 Å². The maximum Gasteiger partial charge on any atom is 0.143 e. The molecule has 4 saturated carbocycles. The van der Waals surface area contributed by atoms with Gasteiger partial charge in [-0.25, -0.2) is 0 Å². The first-order chi connectivity index (χ1) is 28.0. The summed E-state index contributed by atoms with van der Waals surface area (Å²) in [6.07, 6.45) is 6.98. The first-order valence-electron chi connectivity index (χ1n) is 21.3. The van der Waals surface area contributed by atoms with Gasteiger partial charge in [0.15, 0.2) is 0 Å². The summed E-state index contributed by atoms with van der Waals surface area (Å²) < 4.78 is 6.61. The average Bonchev–Trinajstić information content (AvgIpc) is 3.84. The predicted octanol–water partition coefficient (Wildman–Crippen LogP) is 14.8. The van der Waals surface area contributed by atoms with Crippen LogP contribution in [-0.2, 0) is 10.8 Å². The maximum absolute atomic E-state index is 6.61. The van der Waals surface area contributed by atoms with Gasteiger partial charge >= 0.3 is 0 Å². The fraction of sp³-hybridized carbons (Fsp3) is 0.236. The topological polar surface area (TPSA) is 16.4 Å². The Morgan fingerprint density at radius 1 is 0.491 bits per heavy atom. The Morgan fingerprint density at radius 2 is 1.12 bits per heavy atom. The molecule has 276 valence electrons. The molecule has 2 heteroatoms. The SMILES string of the molecule is CC1(C)c2ccccc2-c2ccc(N(c3cccc(-c4cccc5c4oc4ccccc45)c3)c3cccc4c3-c3ccccc3C43C4CC5CC(C4)CC3C5)cc21. The third kappa shape index (κ3) is 4.21. The second kappa shape index (κ2) is 11.4. The number of hydrogen-bond donors (Lipinski definition) is 0. The molecule has 4 fully saturated rings. The molecule has 0 N–H and O–H groups in total. The Bertz CT molecular complexity index is 2950. The molecule has 0 radical (unpaired) electrons. The van der Waals surface area contributed by atoms with Gasteiger partial charge in [0.2, 0.25) is 0 Å². The van der Waals surface area contributed by atoms with Gasteiger partial charge in [0, 0.05) is 44.1 Å². The third-order valence-electron chi connectivity index (χ3n) is 15.4. The quantitative estimate of drug-likeness (QED) is 0.179. The van der Waals surface area contributed by atoms with Crippen molar-refractivity contribution in [3.8, 4) is 33.4 Å². The molecule has 57 heavy (non-hydrogen) atoms. The van der Waals surface area contributed by atoms with Gasteiger partial charge in [-0.1, -0.05) is 129 Å². The molecule has 0 unspecified atom stereocenters. The van der Waals surface area contributed by atoms with Crippen molar-refractivity contribution in [1.82, 2.24) is 0 Å². The van der Waals surface area contributed by atoms with Crippen LogP contribution in [0.15, 0.2) is 156 Å². The molecule has 14 rings (SSSR count). The van der Waals surface area contributed by atoms with Gasteiger partial charge in [-0.3, -0.25) is 0 Å². The number of anilines is 3. The van der Waals surface area contributed by atoms with E-state index in [0.29, 0.717) is 11.8 Å². The van der Waals surface area contributed by atoms with Gasteiger partial charge < -0.3 is 9.32 Å². The maximum atomic E-state index is 6.61. The molecule has 6 aliphatic rings. The van der Waals surface area contributed by atoms with Crippen LogP contribution in [0.1, 0.15) is 68.2 Å². The first kappa shape index (κ1) is 32.2. The van der Waals surface area contributed by atoms with Crippen LogP contribution in [0.2, 0.25) is 0 Å². The number of fused-ring (bicyclic) bond motifs is 9. The number of nitrogens with zero attached hydrogens (tertiary/aromatic N) is 1. The number of hydrogen-bond acceptors (Lipinski definition) is 2. The van der Waals surface area contributed by atoms with Crippen LogP contribution in [0.4, 0.5) is 17.1 Å². The van der Waals surface area contributed by atoms with Crippen molar-refractivity contribution < 1.29 is 4.42 Å². The molecule has 1 heterocycles. The van der Waals surface area contributed by atoms with Gasteiger partial charge in [0.05, 0.1) is 5.69 Å². The van der Waals surface area contributed by atoms with E-state index in [1.807, 2.05) is 0 Å². The van der Waals surface area contributed by atoms with Crippen molar-refractivity contribution in [2.45, 2.75) is 56.8 Å². The standard InChI is InChI=1S/C55H45NO/c1-54(2)46-19-6-3-14-41(46)42-25-24-39(32-49(42)54)56(38-13-9-12-35(31-38)40-17-10-18-44-43-15-5-8-23-51(43)57-53(40)44)50-22-11-21-48-52(50)45-16-4-7-20-47(45)55(48)36-27-33-26-34(29-36)30-37(55)28-33/h3-25,31-34,36-37H,26-30H2,1-2H3. The summed E-state index contributed by atoms with van der Waals surface area (Å²) in [6.45, 7) is 4.79. The fourth-order valence-electron chi connectivity index (χ4n) is 13.4. The second-order valence-corrected chi connectivity index (χ2v) is 18.5. The Hall–Kier alpha value is -5.86. The second-order valence-electron chi connectivity index (χ2n) is 18.5. The molecule has 7 aromatic carbocycles. The summed E-state index contributed by atoms with van der Waals surface area (Å²) in [5.41, 5.74) is 19.3. The minimum atomic E-state index is -0.109. The molecule has 6 aliphatic carbocycles. The zero-order chi connectivity index (χ0) is 37.6.